The number of benzene rings is 2. The molecule has 140 valence electrons. The fourth-order valence-corrected chi connectivity index (χ4v) is 4.77. The van der Waals surface area contributed by atoms with Crippen LogP contribution in [0.1, 0.15) is 0 Å². The van der Waals surface area contributed by atoms with Gasteiger partial charge in [-0.25, -0.2) is 0 Å². The molecule has 2 rings (SSSR count). The summed E-state index contributed by atoms with van der Waals surface area (Å²) in [4.78, 5) is 36.5. The van der Waals surface area contributed by atoms with E-state index in [1.165, 1.54) is 36.4 Å². The second kappa shape index (κ2) is 9.07. The maximum atomic E-state index is 12.1. The van der Waals surface area contributed by atoms with Crippen molar-refractivity contribution in [2.45, 2.75) is 0 Å². The molecule has 0 N–H and O–H groups in total. The summed E-state index contributed by atoms with van der Waals surface area (Å²) in [6, 6.07) is 7.99. The molecule has 11 heteroatoms. The number of carbonyl (C=O) groups excluding carboxylic acids is 1. The molecule has 0 heterocycles. The summed E-state index contributed by atoms with van der Waals surface area (Å²) in [5, 5.41) is 21.7. The van der Waals surface area contributed by atoms with Crippen LogP contribution in [0.25, 0.3) is 0 Å². The Hall–Kier alpha value is -2.03. The van der Waals surface area contributed by atoms with Crippen molar-refractivity contribution in [2.75, 3.05) is 9.86 Å². The molecule has 2 aromatic carbocycles. The summed E-state index contributed by atoms with van der Waals surface area (Å²) in [7, 11) is 0. The number of rotatable bonds is 6. The van der Waals surface area contributed by atoms with Gasteiger partial charge in [-0.2, -0.15) is 0 Å². The zero-order chi connectivity index (χ0) is 19.3. The van der Waals surface area contributed by atoms with Crippen molar-refractivity contribution in [1.82, 2.24) is 0 Å². The van der Waals surface area contributed by atoms with Gasteiger partial charge in [0.05, 0.1) is 0 Å². The summed E-state index contributed by atoms with van der Waals surface area (Å²) in [6.07, 6.45) is -0.995. The van der Waals surface area contributed by atoms with Crippen LogP contribution in [0.3, 0.4) is 0 Å². The molecule has 0 radical (unpaired) electrons. The first-order valence-electron chi connectivity index (χ1n) is 6.81. The molecule has 0 aliphatic heterocycles. The van der Waals surface area contributed by atoms with E-state index in [0.29, 0.717) is 7.14 Å². The van der Waals surface area contributed by atoms with Gasteiger partial charge >= 0.3 is 169 Å². The molecular weight excluding hydrogens is 574 g/mol. The van der Waals surface area contributed by atoms with Crippen molar-refractivity contribution in [3.8, 4) is 11.5 Å². The average Bonchev–Trinajstić information content (AvgIpc) is 2.61. The van der Waals surface area contributed by atoms with Gasteiger partial charge in [-0.1, -0.05) is 0 Å². The molecular formula is C15H12I2N2O7-2. The minimum absolute atomic E-state index is 0.0735. The SMILES string of the molecule is C[I-]c1cc([N+](=O)[O-])ccc1OC(=O)Oc1ccc([N+](=O)[O-])cc1[I-]C. The van der Waals surface area contributed by atoms with Crippen molar-refractivity contribution in [2.24, 2.45) is 0 Å². The number of hydrogen-bond donors (Lipinski definition) is 0. The third-order valence-electron chi connectivity index (χ3n) is 3.05. The topological polar surface area (TPSA) is 122 Å². The fourth-order valence-electron chi connectivity index (χ4n) is 1.87. The first-order valence-corrected chi connectivity index (χ1v) is 13.3. The van der Waals surface area contributed by atoms with E-state index in [0.717, 1.165) is 0 Å². The van der Waals surface area contributed by atoms with Crippen LogP contribution in [0.2, 0.25) is 0 Å². The quantitative estimate of drug-likeness (QED) is 0.0877. The van der Waals surface area contributed by atoms with E-state index < -0.39 is 58.4 Å². The number of nitro benzene ring substituents is 2. The van der Waals surface area contributed by atoms with E-state index >= 15 is 0 Å². The fraction of sp³-hybridized carbons (Fsp3) is 0.133. The number of carbonyl (C=O) groups is 1. The molecule has 0 aliphatic rings. The van der Waals surface area contributed by atoms with Crippen molar-refractivity contribution < 1.29 is 66.5 Å². The van der Waals surface area contributed by atoms with Gasteiger partial charge in [-0.15, -0.1) is 0 Å². The summed E-state index contributed by atoms with van der Waals surface area (Å²) < 4.78 is 11.5. The third-order valence-corrected chi connectivity index (χ3v) is 7.06. The van der Waals surface area contributed by atoms with Crippen molar-refractivity contribution in [3.05, 3.63) is 63.8 Å². The Bertz CT molecular complexity index is 804. The number of alkyl halides is 2. The zero-order valence-corrected chi connectivity index (χ0v) is 17.8. The molecule has 0 amide bonds. The molecule has 26 heavy (non-hydrogen) atoms. The van der Waals surface area contributed by atoms with Crippen LogP contribution in [-0.2, 0) is 0 Å². The maximum absolute atomic E-state index is 12.1. The van der Waals surface area contributed by atoms with Crippen LogP contribution < -0.4 is 51.9 Å². The summed E-state index contributed by atoms with van der Waals surface area (Å²) in [5.74, 6) is 0.427. The normalized spacial score (nSPS) is 10.5. The number of ether oxygens (including phenoxy) is 2. The van der Waals surface area contributed by atoms with Crippen LogP contribution in [0.15, 0.2) is 36.4 Å². The van der Waals surface area contributed by atoms with Gasteiger partial charge in [-0.3, -0.25) is 0 Å². The van der Waals surface area contributed by atoms with E-state index in [9.17, 15) is 25.0 Å². The Morgan fingerprint density at radius 3 is 1.54 bits per heavy atom. The predicted molar refractivity (Wildman–Crippen MR) is 82.1 cm³/mol. The molecule has 0 saturated carbocycles. The Balaban J connectivity index is 2.19. The first kappa shape index (κ1) is 20.3. The molecule has 0 atom stereocenters. The van der Waals surface area contributed by atoms with Crippen molar-refractivity contribution >= 4 is 17.5 Å². The number of nitrogens with zero attached hydrogens (tertiary/aromatic N) is 2. The van der Waals surface area contributed by atoms with Crippen LogP contribution in [-0.4, -0.2) is 25.9 Å². The van der Waals surface area contributed by atoms with Gasteiger partial charge in [0.1, 0.15) is 0 Å². The Kier molecular flexibility index (Phi) is 7.07. The Morgan fingerprint density at radius 2 is 1.23 bits per heavy atom. The summed E-state index contributed by atoms with van der Waals surface area (Å²) in [6.45, 7) is 0. The van der Waals surface area contributed by atoms with Crippen LogP contribution in [0.4, 0.5) is 16.2 Å². The molecule has 0 saturated heterocycles. The minimum atomic E-state index is -0.995. The van der Waals surface area contributed by atoms with E-state index in [4.69, 9.17) is 9.47 Å². The second-order valence-electron chi connectivity index (χ2n) is 4.58. The van der Waals surface area contributed by atoms with Crippen LogP contribution >= 0.6 is 0 Å². The van der Waals surface area contributed by atoms with Gasteiger partial charge in [-0.05, 0) is 0 Å². The zero-order valence-electron chi connectivity index (χ0n) is 13.5. The summed E-state index contributed by atoms with van der Waals surface area (Å²) >= 11 is -1.15. The van der Waals surface area contributed by atoms with Gasteiger partial charge in [0.2, 0.25) is 0 Å². The summed E-state index contributed by atoms with van der Waals surface area (Å²) in [5.41, 5.74) is -0.147. The van der Waals surface area contributed by atoms with Gasteiger partial charge in [0.15, 0.2) is 0 Å². The second-order valence-corrected chi connectivity index (χ2v) is 9.06. The molecule has 0 spiro atoms. The molecule has 2 aromatic rings. The third kappa shape index (κ3) is 5.00. The molecule has 9 nitrogen and oxygen atoms in total. The first-order chi connectivity index (χ1) is 12.3. The average molecular weight is 586 g/mol. The monoisotopic (exact) mass is 586 g/mol. The van der Waals surface area contributed by atoms with Crippen molar-refractivity contribution in [1.29, 1.82) is 0 Å². The van der Waals surface area contributed by atoms with E-state index in [1.807, 2.05) is 9.86 Å². The van der Waals surface area contributed by atoms with Crippen LogP contribution in [0, 0.1) is 27.4 Å². The molecule has 0 aromatic heterocycles. The van der Waals surface area contributed by atoms with Gasteiger partial charge in [0.25, 0.3) is 0 Å². The molecule has 0 unspecified atom stereocenters. The number of hydrogen-bond acceptors (Lipinski definition) is 7. The number of halogens is 2. The Labute approximate surface area is 168 Å². The van der Waals surface area contributed by atoms with E-state index in [2.05, 4.69) is 0 Å². The number of nitro groups is 2. The standard InChI is InChI=1S/C15H12I2N2O7/c1-16-11-7-9(18(21)22)3-5-13(11)25-15(20)26-14-6-4-10(19(23)24)8-12(14)17-2/h3-8H,1-2H3/q-2. The molecule has 0 fully saturated rings. The molecule has 0 bridgehead atoms. The van der Waals surface area contributed by atoms with Gasteiger partial charge < -0.3 is 0 Å². The number of non-ortho nitro benzene ring substituents is 2. The Morgan fingerprint density at radius 1 is 0.846 bits per heavy atom. The van der Waals surface area contributed by atoms with Gasteiger partial charge in [0, 0.05) is 0 Å². The molecule has 0 aliphatic carbocycles. The van der Waals surface area contributed by atoms with E-state index in [1.54, 1.807) is 0 Å². The van der Waals surface area contributed by atoms with Crippen LogP contribution in [0.5, 0.6) is 11.5 Å². The predicted octanol–water partition coefficient (Wildman–Crippen LogP) is -3.14. The van der Waals surface area contributed by atoms with E-state index in [-0.39, 0.29) is 22.9 Å². The van der Waals surface area contributed by atoms with Crippen molar-refractivity contribution in [3.63, 3.8) is 0 Å².